The number of anilines is 2. The van der Waals surface area contributed by atoms with E-state index in [1.807, 2.05) is 0 Å². The predicted octanol–water partition coefficient (Wildman–Crippen LogP) is 4.16. The van der Waals surface area contributed by atoms with Crippen molar-refractivity contribution in [3.63, 3.8) is 0 Å². The van der Waals surface area contributed by atoms with Crippen LogP contribution in [0.5, 0.6) is 11.6 Å². The van der Waals surface area contributed by atoms with Gasteiger partial charge < -0.3 is 20.1 Å². The lowest BCUT2D eigenvalue weighted by molar-refractivity contribution is 0.0942. The quantitative estimate of drug-likeness (QED) is 0.315. The number of nitrogens with one attached hydrogen (secondary N) is 2. The van der Waals surface area contributed by atoms with Crippen LogP contribution in [0.3, 0.4) is 0 Å². The molecule has 0 saturated heterocycles. The minimum absolute atomic E-state index is 0.0302. The van der Waals surface area contributed by atoms with E-state index in [9.17, 15) is 13.6 Å². The Balaban J connectivity index is 1.30. The largest absolute Gasteiger partial charge is 0.491 e. The number of carbonyl (C=O) groups is 1. The molecule has 0 radical (unpaired) electrons. The zero-order valence-electron chi connectivity index (χ0n) is 20.3. The number of hydrogen-bond acceptors (Lipinski definition) is 8. The molecule has 12 heteroatoms. The molecule has 0 saturated carbocycles. The fraction of sp³-hybridized carbons (Fsp3) is 0.115. The van der Waals surface area contributed by atoms with E-state index in [-0.39, 0.29) is 6.54 Å². The Kier molecular flexibility index (Phi) is 6.76. The van der Waals surface area contributed by atoms with E-state index < -0.39 is 23.1 Å². The molecule has 0 fully saturated rings. The maximum Gasteiger partial charge on any atom is 0.257 e. The van der Waals surface area contributed by atoms with Crippen LogP contribution in [-0.2, 0) is 6.54 Å². The van der Waals surface area contributed by atoms with E-state index >= 15 is 0 Å². The van der Waals surface area contributed by atoms with Crippen LogP contribution in [0.1, 0.15) is 16.1 Å². The van der Waals surface area contributed by atoms with E-state index in [0.29, 0.717) is 40.3 Å². The first kappa shape index (κ1) is 24.6. The summed E-state index contributed by atoms with van der Waals surface area (Å²) < 4.78 is 39.8. The number of methoxy groups -OCH3 is 2. The number of amides is 1. The van der Waals surface area contributed by atoms with Gasteiger partial charge in [-0.3, -0.25) is 4.79 Å². The molecule has 0 bridgehead atoms. The van der Waals surface area contributed by atoms with Gasteiger partial charge in [-0.1, -0.05) is 12.1 Å². The maximum atomic E-state index is 13.9. The molecule has 10 nitrogen and oxygen atoms in total. The molecule has 1 amide bonds. The second-order valence-electron chi connectivity index (χ2n) is 8.00. The standard InChI is InChI=1S/C26H21F2N7O3/c1-37-20-11-15(13-30-26(20)38-2)19-9-10-35-23(32-19)12-22(34-35)33-21-8-3-5-16(31-21)14-29-25(36)24-17(27)6-4-7-18(24)28/h3-13H,14H2,1-2H3,(H,29,36)(H,31,33,34). The average molecular weight is 517 g/mol. The summed E-state index contributed by atoms with van der Waals surface area (Å²) in [6.45, 7) is -0.0302. The van der Waals surface area contributed by atoms with Crippen LogP contribution in [0.25, 0.3) is 16.9 Å². The van der Waals surface area contributed by atoms with Crippen LogP contribution in [0, 0.1) is 11.6 Å². The first-order chi connectivity index (χ1) is 18.4. The first-order valence-corrected chi connectivity index (χ1v) is 11.3. The Bertz CT molecular complexity index is 1620. The van der Waals surface area contributed by atoms with Crippen LogP contribution in [0.15, 0.2) is 67.0 Å². The molecule has 0 aliphatic heterocycles. The lowest BCUT2D eigenvalue weighted by Crippen LogP contribution is -2.25. The van der Waals surface area contributed by atoms with Gasteiger partial charge in [-0.25, -0.2) is 28.2 Å². The second kappa shape index (κ2) is 10.5. The molecule has 5 aromatic rings. The molecule has 0 spiro atoms. The van der Waals surface area contributed by atoms with Gasteiger partial charge >= 0.3 is 0 Å². The first-order valence-electron chi connectivity index (χ1n) is 11.3. The fourth-order valence-corrected chi connectivity index (χ4v) is 3.73. The number of hydrogen-bond donors (Lipinski definition) is 2. The van der Waals surface area contributed by atoms with Gasteiger partial charge in [-0.2, -0.15) is 0 Å². The van der Waals surface area contributed by atoms with E-state index in [1.54, 1.807) is 53.3 Å². The molecule has 1 aromatic carbocycles. The van der Waals surface area contributed by atoms with Gasteiger partial charge in [0.05, 0.1) is 32.2 Å². The van der Waals surface area contributed by atoms with Crippen molar-refractivity contribution in [3.8, 4) is 22.9 Å². The van der Waals surface area contributed by atoms with Gasteiger partial charge in [-0.05, 0) is 36.4 Å². The number of ether oxygens (including phenoxy) is 2. The highest BCUT2D eigenvalue weighted by Gasteiger charge is 2.17. The van der Waals surface area contributed by atoms with Crippen molar-refractivity contribution in [1.82, 2.24) is 29.9 Å². The number of aromatic nitrogens is 5. The number of fused-ring (bicyclic) bond motifs is 1. The molecule has 4 aromatic heterocycles. The van der Waals surface area contributed by atoms with Crippen LogP contribution in [0.2, 0.25) is 0 Å². The highest BCUT2D eigenvalue weighted by Crippen LogP contribution is 2.29. The van der Waals surface area contributed by atoms with Gasteiger partial charge in [0.25, 0.3) is 11.8 Å². The number of nitrogens with zero attached hydrogens (tertiary/aromatic N) is 5. The monoisotopic (exact) mass is 517 g/mol. The Morgan fingerprint density at radius 1 is 0.974 bits per heavy atom. The molecule has 2 N–H and O–H groups in total. The third-order valence-electron chi connectivity index (χ3n) is 5.53. The second-order valence-corrected chi connectivity index (χ2v) is 8.00. The number of carbonyl (C=O) groups excluding carboxylic acids is 1. The molecule has 0 aliphatic rings. The molecular formula is C26H21F2N7O3. The van der Waals surface area contributed by atoms with Crippen molar-refractivity contribution < 1.29 is 23.0 Å². The van der Waals surface area contributed by atoms with Gasteiger partial charge in [0.1, 0.15) is 23.0 Å². The van der Waals surface area contributed by atoms with Crippen molar-refractivity contribution >= 4 is 23.2 Å². The van der Waals surface area contributed by atoms with Gasteiger partial charge in [0.2, 0.25) is 0 Å². The van der Waals surface area contributed by atoms with E-state index in [2.05, 4.69) is 30.7 Å². The molecule has 5 rings (SSSR count). The molecule has 0 atom stereocenters. The average Bonchev–Trinajstić information content (AvgIpc) is 3.33. The van der Waals surface area contributed by atoms with Crippen LogP contribution in [0.4, 0.5) is 20.4 Å². The summed E-state index contributed by atoms with van der Waals surface area (Å²) in [5, 5.41) is 10.0. The van der Waals surface area contributed by atoms with E-state index in [1.165, 1.54) is 20.3 Å². The van der Waals surface area contributed by atoms with Crippen molar-refractivity contribution in [2.75, 3.05) is 19.5 Å². The molecule has 192 valence electrons. The van der Waals surface area contributed by atoms with Crippen molar-refractivity contribution in [3.05, 3.63) is 89.9 Å². The summed E-state index contributed by atoms with van der Waals surface area (Å²) >= 11 is 0. The van der Waals surface area contributed by atoms with Gasteiger partial charge in [0.15, 0.2) is 17.2 Å². The van der Waals surface area contributed by atoms with Crippen LogP contribution in [-0.4, -0.2) is 44.7 Å². The number of rotatable bonds is 8. The predicted molar refractivity (Wildman–Crippen MR) is 134 cm³/mol. The number of pyridine rings is 2. The number of halogens is 2. The minimum Gasteiger partial charge on any atom is -0.491 e. The molecular weight excluding hydrogens is 496 g/mol. The Hall–Kier alpha value is -5.13. The van der Waals surface area contributed by atoms with Gasteiger partial charge in [0, 0.05) is 24.0 Å². The summed E-state index contributed by atoms with van der Waals surface area (Å²) in [7, 11) is 3.05. The summed E-state index contributed by atoms with van der Waals surface area (Å²) in [4.78, 5) is 25.6. The lowest BCUT2D eigenvalue weighted by atomic mass is 10.2. The zero-order valence-corrected chi connectivity index (χ0v) is 20.3. The summed E-state index contributed by atoms with van der Waals surface area (Å²) in [6.07, 6.45) is 3.41. The smallest absolute Gasteiger partial charge is 0.257 e. The van der Waals surface area contributed by atoms with Crippen molar-refractivity contribution in [2.45, 2.75) is 6.54 Å². The Morgan fingerprint density at radius 2 is 1.76 bits per heavy atom. The topological polar surface area (TPSA) is 116 Å². The summed E-state index contributed by atoms with van der Waals surface area (Å²) in [5.74, 6) is -0.921. The van der Waals surface area contributed by atoms with Crippen molar-refractivity contribution in [1.29, 1.82) is 0 Å². The third-order valence-corrected chi connectivity index (χ3v) is 5.53. The SMILES string of the molecule is COc1cc(-c2ccn3nc(Nc4cccc(CNC(=O)c5c(F)cccc5F)n4)cc3n2)cnc1OC. The fourth-order valence-electron chi connectivity index (χ4n) is 3.73. The normalized spacial score (nSPS) is 10.8. The summed E-state index contributed by atoms with van der Waals surface area (Å²) in [5.41, 5.74) is 1.83. The molecule has 4 heterocycles. The molecule has 38 heavy (non-hydrogen) atoms. The molecule has 0 unspecified atom stereocenters. The third kappa shape index (κ3) is 5.05. The van der Waals surface area contributed by atoms with Crippen molar-refractivity contribution in [2.24, 2.45) is 0 Å². The minimum atomic E-state index is -0.933. The van der Waals surface area contributed by atoms with Crippen LogP contribution < -0.4 is 20.1 Å². The Morgan fingerprint density at radius 3 is 2.53 bits per heavy atom. The number of benzene rings is 1. The van der Waals surface area contributed by atoms with Gasteiger partial charge in [-0.15, -0.1) is 5.10 Å². The lowest BCUT2D eigenvalue weighted by Gasteiger charge is -2.08. The highest BCUT2D eigenvalue weighted by atomic mass is 19.1. The zero-order chi connectivity index (χ0) is 26.6. The maximum absolute atomic E-state index is 13.9. The highest BCUT2D eigenvalue weighted by molar-refractivity contribution is 5.94. The van der Waals surface area contributed by atoms with Crippen LogP contribution >= 0.6 is 0 Å². The Labute approximate surface area is 215 Å². The van der Waals surface area contributed by atoms with E-state index in [0.717, 1.165) is 17.7 Å². The molecule has 0 aliphatic carbocycles. The summed E-state index contributed by atoms with van der Waals surface area (Å²) in [6, 6.07) is 13.7. The van der Waals surface area contributed by atoms with E-state index in [4.69, 9.17) is 9.47 Å².